The lowest BCUT2D eigenvalue weighted by Crippen LogP contribution is -2.51. The predicted octanol–water partition coefficient (Wildman–Crippen LogP) is 5.83. The van der Waals surface area contributed by atoms with Crippen LogP contribution in [0, 0.1) is 20.8 Å². The minimum atomic E-state index is -0.879. The molecule has 0 heterocycles. The summed E-state index contributed by atoms with van der Waals surface area (Å²) in [6.07, 6.45) is 0.881. The van der Waals surface area contributed by atoms with Crippen LogP contribution in [-0.4, -0.2) is 41.0 Å². The summed E-state index contributed by atoms with van der Waals surface area (Å²) in [5.41, 5.74) is 3.67. The highest BCUT2D eigenvalue weighted by Crippen LogP contribution is 2.29. The van der Waals surface area contributed by atoms with E-state index in [1.54, 1.807) is 32.6 Å². The maximum absolute atomic E-state index is 13.9. The normalized spacial score (nSPS) is 12.9. The molecule has 36 heavy (non-hydrogen) atoms. The van der Waals surface area contributed by atoms with E-state index in [1.807, 2.05) is 70.2 Å². The summed E-state index contributed by atoms with van der Waals surface area (Å²) >= 11 is 0. The third kappa shape index (κ3) is 7.83. The molecular weight excluding hydrogens is 454 g/mol. The SMILES string of the molecule is CCCCN(C(=O)C(C)NC(=O)OC(C)(C)C)C(C(=O)Nc1ccccc1C)c1cccc(C)c1C. The molecule has 0 aliphatic heterocycles. The number of anilines is 1. The molecule has 0 radical (unpaired) electrons. The van der Waals surface area contributed by atoms with Crippen LogP contribution in [0.2, 0.25) is 0 Å². The van der Waals surface area contributed by atoms with Crippen molar-refractivity contribution in [3.63, 3.8) is 0 Å². The predicted molar refractivity (Wildman–Crippen MR) is 144 cm³/mol. The van der Waals surface area contributed by atoms with Gasteiger partial charge >= 0.3 is 6.09 Å². The molecule has 0 fully saturated rings. The Morgan fingerprint density at radius 3 is 2.22 bits per heavy atom. The van der Waals surface area contributed by atoms with Gasteiger partial charge in [0, 0.05) is 12.2 Å². The number of hydrogen-bond donors (Lipinski definition) is 2. The van der Waals surface area contributed by atoms with Crippen molar-refractivity contribution >= 4 is 23.6 Å². The molecule has 196 valence electrons. The Kier molecular flexibility index (Phi) is 10.1. The number of carbonyl (C=O) groups is 3. The summed E-state index contributed by atoms with van der Waals surface area (Å²) < 4.78 is 5.34. The third-order valence-electron chi connectivity index (χ3n) is 6.04. The van der Waals surface area contributed by atoms with Gasteiger partial charge in [0.1, 0.15) is 17.7 Å². The van der Waals surface area contributed by atoms with Gasteiger partial charge in [-0.05, 0) is 83.2 Å². The summed E-state index contributed by atoms with van der Waals surface area (Å²) in [6.45, 7) is 15.2. The Labute approximate surface area is 215 Å². The fraction of sp³-hybridized carbons (Fsp3) is 0.483. The highest BCUT2D eigenvalue weighted by molar-refractivity contribution is 5.99. The van der Waals surface area contributed by atoms with Crippen LogP contribution in [0.25, 0.3) is 0 Å². The first-order chi connectivity index (χ1) is 16.9. The number of ether oxygens (including phenoxy) is 1. The van der Waals surface area contributed by atoms with Crippen LogP contribution >= 0.6 is 0 Å². The molecule has 7 nitrogen and oxygen atoms in total. The zero-order valence-electron chi connectivity index (χ0n) is 22.9. The molecule has 0 aromatic heterocycles. The average molecular weight is 496 g/mol. The van der Waals surface area contributed by atoms with Crippen LogP contribution in [-0.2, 0) is 14.3 Å². The van der Waals surface area contributed by atoms with E-state index in [0.29, 0.717) is 18.7 Å². The van der Waals surface area contributed by atoms with Crippen molar-refractivity contribution in [2.75, 3.05) is 11.9 Å². The number of nitrogens with one attached hydrogen (secondary N) is 2. The Morgan fingerprint density at radius 2 is 1.61 bits per heavy atom. The number of carbonyl (C=O) groups excluding carboxylic acids is 3. The lowest BCUT2D eigenvalue weighted by molar-refractivity contribution is -0.140. The number of nitrogens with zero attached hydrogens (tertiary/aromatic N) is 1. The van der Waals surface area contributed by atoms with Crippen LogP contribution in [0.3, 0.4) is 0 Å². The number of para-hydroxylation sites is 1. The van der Waals surface area contributed by atoms with Crippen molar-refractivity contribution < 1.29 is 19.1 Å². The molecule has 2 aromatic rings. The lowest BCUT2D eigenvalue weighted by Gasteiger charge is -2.34. The molecule has 0 saturated heterocycles. The highest BCUT2D eigenvalue weighted by Gasteiger charge is 2.35. The molecule has 2 unspecified atom stereocenters. The summed E-state index contributed by atoms with van der Waals surface area (Å²) in [4.78, 5) is 41.6. The first kappa shape index (κ1) is 28.9. The number of unbranched alkanes of at least 4 members (excludes halogenated alkanes) is 1. The Balaban J connectivity index is 2.49. The Morgan fingerprint density at radius 1 is 0.972 bits per heavy atom. The maximum Gasteiger partial charge on any atom is 0.408 e. The van der Waals surface area contributed by atoms with E-state index < -0.39 is 23.8 Å². The fourth-order valence-electron chi connectivity index (χ4n) is 3.92. The van der Waals surface area contributed by atoms with Crippen LogP contribution in [0.1, 0.15) is 75.8 Å². The summed E-state index contributed by atoms with van der Waals surface area (Å²) in [5, 5.41) is 5.67. The van der Waals surface area contributed by atoms with Gasteiger partial charge in [-0.3, -0.25) is 9.59 Å². The average Bonchev–Trinajstić information content (AvgIpc) is 2.78. The van der Waals surface area contributed by atoms with Crippen LogP contribution in [0.15, 0.2) is 42.5 Å². The number of alkyl carbamates (subject to hydrolysis) is 1. The molecule has 0 saturated carbocycles. The van der Waals surface area contributed by atoms with E-state index in [0.717, 1.165) is 28.7 Å². The van der Waals surface area contributed by atoms with Crippen LogP contribution in [0.5, 0.6) is 0 Å². The van der Waals surface area contributed by atoms with E-state index in [-0.39, 0.29) is 11.8 Å². The van der Waals surface area contributed by atoms with Crippen molar-refractivity contribution in [1.29, 1.82) is 0 Å². The van der Waals surface area contributed by atoms with Crippen LogP contribution < -0.4 is 10.6 Å². The zero-order valence-corrected chi connectivity index (χ0v) is 22.9. The fourth-order valence-corrected chi connectivity index (χ4v) is 3.92. The van der Waals surface area contributed by atoms with Crippen molar-refractivity contribution in [2.24, 2.45) is 0 Å². The van der Waals surface area contributed by atoms with Gasteiger partial charge in [-0.1, -0.05) is 49.7 Å². The minimum Gasteiger partial charge on any atom is -0.444 e. The summed E-state index contributed by atoms with van der Waals surface area (Å²) in [6, 6.07) is 11.6. The molecule has 2 rings (SSSR count). The van der Waals surface area contributed by atoms with E-state index in [2.05, 4.69) is 10.6 Å². The van der Waals surface area contributed by atoms with E-state index in [9.17, 15) is 14.4 Å². The molecule has 7 heteroatoms. The number of aryl methyl sites for hydroxylation is 2. The molecule has 2 aromatic carbocycles. The molecular formula is C29H41N3O4. The second-order valence-electron chi connectivity index (χ2n) is 10.2. The molecule has 0 bridgehead atoms. The van der Waals surface area contributed by atoms with Crippen LogP contribution in [0.4, 0.5) is 10.5 Å². The summed E-state index contributed by atoms with van der Waals surface area (Å²) in [7, 11) is 0. The van der Waals surface area contributed by atoms with Crippen molar-refractivity contribution in [3.05, 3.63) is 64.7 Å². The molecule has 0 aliphatic rings. The van der Waals surface area contributed by atoms with Gasteiger partial charge < -0.3 is 20.3 Å². The second-order valence-corrected chi connectivity index (χ2v) is 10.2. The van der Waals surface area contributed by atoms with Crippen molar-refractivity contribution in [1.82, 2.24) is 10.2 Å². The zero-order chi connectivity index (χ0) is 27.0. The number of hydrogen-bond acceptors (Lipinski definition) is 4. The molecule has 0 aliphatic carbocycles. The smallest absolute Gasteiger partial charge is 0.408 e. The number of amides is 3. The van der Waals surface area contributed by atoms with Gasteiger partial charge in [-0.25, -0.2) is 4.79 Å². The minimum absolute atomic E-state index is 0.299. The van der Waals surface area contributed by atoms with Gasteiger partial charge in [-0.15, -0.1) is 0 Å². The highest BCUT2D eigenvalue weighted by atomic mass is 16.6. The molecule has 2 atom stereocenters. The van der Waals surface area contributed by atoms with Gasteiger partial charge in [0.15, 0.2) is 0 Å². The monoisotopic (exact) mass is 495 g/mol. The van der Waals surface area contributed by atoms with Crippen molar-refractivity contribution in [2.45, 2.75) is 85.9 Å². The maximum atomic E-state index is 13.9. The number of rotatable bonds is 9. The molecule has 2 N–H and O–H groups in total. The Hall–Kier alpha value is -3.35. The standard InChI is InChI=1S/C29H41N3O4/c1-9-10-18-32(27(34)22(5)30-28(35)36-29(6,7)8)25(23-16-13-15-19(2)21(23)4)26(33)31-24-17-12-11-14-20(24)3/h11-17,22,25H,9-10,18H2,1-8H3,(H,30,35)(H,31,33). The Bertz CT molecular complexity index is 1070. The van der Waals surface area contributed by atoms with E-state index in [1.165, 1.54) is 0 Å². The van der Waals surface area contributed by atoms with Gasteiger partial charge in [0.25, 0.3) is 5.91 Å². The first-order valence-electron chi connectivity index (χ1n) is 12.6. The summed E-state index contributed by atoms with van der Waals surface area (Å²) in [5.74, 6) is -0.646. The van der Waals surface area contributed by atoms with E-state index in [4.69, 9.17) is 4.74 Å². The third-order valence-corrected chi connectivity index (χ3v) is 6.04. The van der Waals surface area contributed by atoms with E-state index >= 15 is 0 Å². The largest absolute Gasteiger partial charge is 0.444 e. The first-order valence-corrected chi connectivity index (χ1v) is 12.6. The van der Waals surface area contributed by atoms with Gasteiger partial charge in [0.2, 0.25) is 5.91 Å². The topological polar surface area (TPSA) is 87.7 Å². The van der Waals surface area contributed by atoms with Gasteiger partial charge in [0.05, 0.1) is 0 Å². The number of benzene rings is 2. The van der Waals surface area contributed by atoms with Crippen molar-refractivity contribution in [3.8, 4) is 0 Å². The second kappa shape index (κ2) is 12.6. The molecule has 0 spiro atoms. The molecule has 3 amide bonds. The lowest BCUT2D eigenvalue weighted by atomic mass is 9.94. The van der Waals surface area contributed by atoms with Gasteiger partial charge in [-0.2, -0.15) is 0 Å². The quantitative estimate of drug-likeness (QED) is 0.458.